The van der Waals surface area contributed by atoms with Crippen LogP contribution >= 0.6 is 12.2 Å². The van der Waals surface area contributed by atoms with E-state index >= 15 is 0 Å². The van der Waals surface area contributed by atoms with E-state index in [4.69, 9.17) is 5.73 Å². The summed E-state index contributed by atoms with van der Waals surface area (Å²) < 4.78 is 0. The lowest BCUT2D eigenvalue weighted by atomic mass is 9.81. The summed E-state index contributed by atoms with van der Waals surface area (Å²) in [5, 5.41) is 2.83. The average Bonchev–Trinajstić information content (AvgIpc) is 1.99. The number of thiocarbonyl (C=S) groups is 1. The summed E-state index contributed by atoms with van der Waals surface area (Å²) in [7, 11) is 0. The van der Waals surface area contributed by atoms with Crippen LogP contribution in [0.5, 0.6) is 0 Å². The normalized spacial score (nSPS) is 11.5. The molecule has 0 atom stereocenters. The Morgan fingerprint density at radius 3 is 2.36 bits per heavy atom. The van der Waals surface area contributed by atoms with Crippen molar-refractivity contribution in [1.82, 2.24) is 5.32 Å². The van der Waals surface area contributed by atoms with E-state index in [2.05, 4.69) is 45.2 Å². The first-order valence-corrected chi connectivity index (χ1v) is 5.21. The Morgan fingerprint density at radius 2 is 2.00 bits per heavy atom. The highest BCUT2D eigenvalue weighted by atomic mass is 32.1. The summed E-state index contributed by atoms with van der Waals surface area (Å²) >= 11 is 4.65. The Bertz CT molecular complexity index is 224. The summed E-state index contributed by atoms with van der Waals surface area (Å²) in [4.78, 5) is 11.5. The molecule has 0 aromatic rings. The third-order valence-corrected chi connectivity index (χ3v) is 2.78. The number of rotatable bonds is 5. The maximum absolute atomic E-state index is 11.2. The highest BCUT2D eigenvalue weighted by Gasteiger charge is 2.22. The van der Waals surface area contributed by atoms with E-state index in [0.29, 0.717) is 12.5 Å². The molecule has 82 valence electrons. The Morgan fingerprint density at radius 1 is 1.50 bits per heavy atom. The standard InChI is InChI=1S/C10H20N2OS/c1-7(2)10(3,4)6-12-9(13)5-8(11)14/h7H,5-6H2,1-4H3,(H2,11,14)(H,12,13). The molecule has 0 aliphatic heterocycles. The molecule has 0 aliphatic rings. The van der Waals surface area contributed by atoms with Gasteiger partial charge in [-0.05, 0) is 11.3 Å². The van der Waals surface area contributed by atoms with Gasteiger partial charge in [0.25, 0.3) is 0 Å². The minimum atomic E-state index is -0.0915. The van der Waals surface area contributed by atoms with Crippen LogP contribution in [0.25, 0.3) is 0 Å². The largest absolute Gasteiger partial charge is 0.393 e. The van der Waals surface area contributed by atoms with Gasteiger partial charge >= 0.3 is 0 Å². The minimum Gasteiger partial charge on any atom is -0.393 e. The van der Waals surface area contributed by atoms with E-state index in [0.717, 1.165) is 0 Å². The lowest BCUT2D eigenvalue weighted by molar-refractivity contribution is -0.120. The van der Waals surface area contributed by atoms with E-state index in [-0.39, 0.29) is 22.7 Å². The molecule has 1 amide bonds. The summed E-state index contributed by atoms with van der Waals surface area (Å²) in [6.45, 7) is 9.18. The van der Waals surface area contributed by atoms with Crippen LogP contribution in [0.2, 0.25) is 0 Å². The molecule has 0 spiro atoms. The van der Waals surface area contributed by atoms with Crippen LogP contribution < -0.4 is 11.1 Å². The Balaban J connectivity index is 3.94. The number of carbonyl (C=O) groups is 1. The number of carbonyl (C=O) groups excluding carboxylic acids is 1. The lowest BCUT2D eigenvalue weighted by Gasteiger charge is -2.29. The monoisotopic (exact) mass is 216 g/mol. The second-order valence-electron chi connectivity index (χ2n) is 4.56. The van der Waals surface area contributed by atoms with Crippen molar-refractivity contribution in [3.05, 3.63) is 0 Å². The molecule has 0 aliphatic carbocycles. The van der Waals surface area contributed by atoms with Gasteiger partial charge < -0.3 is 11.1 Å². The second kappa shape index (κ2) is 5.29. The van der Waals surface area contributed by atoms with Crippen molar-refractivity contribution in [1.29, 1.82) is 0 Å². The van der Waals surface area contributed by atoms with Crippen molar-refractivity contribution < 1.29 is 4.79 Å². The van der Waals surface area contributed by atoms with Gasteiger partial charge in [-0.2, -0.15) is 0 Å². The molecule has 0 rings (SSSR count). The lowest BCUT2D eigenvalue weighted by Crippen LogP contribution is -2.38. The summed E-state index contributed by atoms with van der Waals surface area (Å²) in [6.07, 6.45) is 0.142. The minimum absolute atomic E-state index is 0.0915. The zero-order chi connectivity index (χ0) is 11.4. The fourth-order valence-electron chi connectivity index (χ4n) is 0.751. The number of nitrogens with two attached hydrogens (primary N) is 1. The molecule has 4 heteroatoms. The van der Waals surface area contributed by atoms with Crippen molar-refractivity contribution in [2.75, 3.05) is 6.54 Å². The zero-order valence-corrected chi connectivity index (χ0v) is 10.2. The molecule has 0 aromatic heterocycles. The van der Waals surface area contributed by atoms with Crippen molar-refractivity contribution in [2.45, 2.75) is 34.1 Å². The van der Waals surface area contributed by atoms with Crippen LogP contribution in [-0.2, 0) is 4.79 Å². The maximum Gasteiger partial charge on any atom is 0.226 e. The van der Waals surface area contributed by atoms with Crippen molar-refractivity contribution in [2.24, 2.45) is 17.1 Å². The fraction of sp³-hybridized carbons (Fsp3) is 0.800. The summed E-state index contributed by atoms with van der Waals surface area (Å²) in [5.41, 5.74) is 5.37. The molecule has 3 N–H and O–H groups in total. The van der Waals surface area contributed by atoms with Crippen LogP contribution in [0, 0.1) is 11.3 Å². The molecule has 0 saturated heterocycles. The molecule has 0 heterocycles. The average molecular weight is 216 g/mol. The van der Waals surface area contributed by atoms with Crippen LogP contribution in [0.15, 0.2) is 0 Å². The molecule has 3 nitrogen and oxygen atoms in total. The number of hydrogen-bond acceptors (Lipinski definition) is 2. The molecule has 0 bridgehead atoms. The van der Waals surface area contributed by atoms with Gasteiger partial charge in [0.15, 0.2) is 0 Å². The highest BCUT2D eigenvalue weighted by molar-refractivity contribution is 7.80. The van der Waals surface area contributed by atoms with Crippen LogP contribution in [-0.4, -0.2) is 17.4 Å². The first-order chi connectivity index (χ1) is 6.25. The first kappa shape index (κ1) is 13.4. The highest BCUT2D eigenvalue weighted by Crippen LogP contribution is 2.24. The van der Waals surface area contributed by atoms with Gasteiger partial charge in [-0.25, -0.2) is 0 Å². The number of nitrogens with one attached hydrogen (secondary N) is 1. The summed E-state index contributed by atoms with van der Waals surface area (Å²) in [6, 6.07) is 0. The molecular formula is C10H20N2OS. The van der Waals surface area contributed by atoms with Crippen molar-refractivity contribution in [3.8, 4) is 0 Å². The van der Waals surface area contributed by atoms with Crippen LogP contribution in [0.4, 0.5) is 0 Å². The second-order valence-corrected chi connectivity index (χ2v) is 5.09. The van der Waals surface area contributed by atoms with Crippen LogP contribution in [0.3, 0.4) is 0 Å². The van der Waals surface area contributed by atoms with Crippen LogP contribution in [0.1, 0.15) is 34.1 Å². The van der Waals surface area contributed by atoms with Gasteiger partial charge in [0.05, 0.1) is 11.4 Å². The number of amides is 1. The zero-order valence-electron chi connectivity index (χ0n) is 9.39. The Hall–Kier alpha value is -0.640. The van der Waals surface area contributed by atoms with Gasteiger partial charge in [0.2, 0.25) is 5.91 Å². The fourth-order valence-corrected chi connectivity index (χ4v) is 0.882. The molecule has 0 unspecified atom stereocenters. The van der Waals surface area contributed by atoms with Gasteiger partial charge in [0, 0.05) is 6.54 Å². The third-order valence-electron chi connectivity index (χ3n) is 2.64. The Kier molecular flexibility index (Phi) is 5.05. The molecule has 0 fully saturated rings. The van der Waals surface area contributed by atoms with Crippen molar-refractivity contribution in [3.63, 3.8) is 0 Å². The van der Waals surface area contributed by atoms with E-state index < -0.39 is 0 Å². The molecule has 0 radical (unpaired) electrons. The third kappa shape index (κ3) is 5.17. The number of hydrogen-bond donors (Lipinski definition) is 2. The predicted octanol–water partition coefficient (Wildman–Crippen LogP) is 1.46. The maximum atomic E-state index is 11.2. The SMILES string of the molecule is CC(C)C(C)(C)CNC(=O)CC(N)=S. The van der Waals surface area contributed by atoms with Gasteiger partial charge in [0.1, 0.15) is 0 Å². The topological polar surface area (TPSA) is 55.1 Å². The predicted molar refractivity (Wildman–Crippen MR) is 63.0 cm³/mol. The van der Waals surface area contributed by atoms with Crippen molar-refractivity contribution >= 4 is 23.1 Å². The smallest absolute Gasteiger partial charge is 0.226 e. The first-order valence-electron chi connectivity index (χ1n) is 4.80. The molecule has 0 saturated carbocycles. The molecule has 14 heavy (non-hydrogen) atoms. The quantitative estimate of drug-likeness (QED) is 0.684. The van der Waals surface area contributed by atoms with E-state index in [1.165, 1.54) is 0 Å². The van der Waals surface area contributed by atoms with Gasteiger partial charge in [-0.1, -0.05) is 39.9 Å². The Labute approximate surface area is 91.4 Å². The van der Waals surface area contributed by atoms with E-state index in [9.17, 15) is 4.79 Å². The van der Waals surface area contributed by atoms with E-state index in [1.54, 1.807) is 0 Å². The van der Waals surface area contributed by atoms with Gasteiger partial charge in [-0.3, -0.25) is 4.79 Å². The van der Waals surface area contributed by atoms with E-state index in [1.807, 2.05) is 0 Å². The summed E-state index contributed by atoms with van der Waals surface area (Å²) in [5.74, 6) is 0.429. The molecule has 0 aromatic carbocycles. The van der Waals surface area contributed by atoms with Gasteiger partial charge in [-0.15, -0.1) is 0 Å². The molecular weight excluding hydrogens is 196 g/mol.